The van der Waals surface area contributed by atoms with Gasteiger partial charge in [-0.15, -0.1) is 0 Å². The van der Waals surface area contributed by atoms with Crippen LogP contribution in [0.4, 0.5) is 5.69 Å². The predicted molar refractivity (Wildman–Crippen MR) is 81.7 cm³/mol. The monoisotopic (exact) mass is 349 g/mol. The molecule has 0 spiro atoms. The summed E-state index contributed by atoms with van der Waals surface area (Å²) in [5, 5.41) is 7.77. The Morgan fingerprint density at radius 3 is 2.83 bits per heavy atom. The summed E-state index contributed by atoms with van der Waals surface area (Å²) in [7, 11) is 0. The SMILES string of the molecule is Ic1ccccc1NCc1cnn2ccccc12. The first-order chi connectivity index (χ1) is 8.84. The zero-order valence-electron chi connectivity index (χ0n) is 9.68. The molecule has 3 aromatic rings. The molecule has 0 aliphatic rings. The van der Waals surface area contributed by atoms with E-state index in [-0.39, 0.29) is 0 Å². The Bertz CT molecular complexity index is 675. The van der Waals surface area contributed by atoms with Crippen molar-refractivity contribution in [3.8, 4) is 0 Å². The standard InChI is InChI=1S/C14H12IN3/c15-12-5-1-2-6-13(12)16-9-11-10-17-18-8-4-3-7-14(11)18/h1-8,10,16H,9H2. The van der Waals surface area contributed by atoms with Gasteiger partial charge >= 0.3 is 0 Å². The Morgan fingerprint density at radius 1 is 1.11 bits per heavy atom. The van der Waals surface area contributed by atoms with E-state index in [0.717, 1.165) is 17.7 Å². The maximum Gasteiger partial charge on any atom is 0.0711 e. The van der Waals surface area contributed by atoms with Gasteiger partial charge in [-0.25, -0.2) is 4.52 Å². The number of hydrogen-bond donors (Lipinski definition) is 1. The molecule has 0 aliphatic carbocycles. The largest absolute Gasteiger partial charge is 0.380 e. The molecule has 0 amide bonds. The Kier molecular flexibility index (Phi) is 3.19. The van der Waals surface area contributed by atoms with Gasteiger partial charge < -0.3 is 5.32 Å². The van der Waals surface area contributed by atoms with Gasteiger partial charge in [0.1, 0.15) is 0 Å². The molecule has 1 aromatic carbocycles. The highest BCUT2D eigenvalue weighted by molar-refractivity contribution is 14.1. The zero-order chi connectivity index (χ0) is 12.4. The number of benzene rings is 1. The highest BCUT2D eigenvalue weighted by atomic mass is 127. The molecule has 4 heteroatoms. The van der Waals surface area contributed by atoms with E-state index in [0.29, 0.717) is 0 Å². The van der Waals surface area contributed by atoms with Crippen molar-refractivity contribution in [2.75, 3.05) is 5.32 Å². The number of fused-ring (bicyclic) bond motifs is 1. The van der Waals surface area contributed by atoms with E-state index in [1.165, 1.54) is 9.13 Å². The van der Waals surface area contributed by atoms with Crippen molar-refractivity contribution in [1.82, 2.24) is 9.61 Å². The van der Waals surface area contributed by atoms with Gasteiger partial charge in [0.2, 0.25) is 0 Å². The Morgan fingerprint density at radius 2 is 1.94 bits per heavy atom. The Labute approximate surface area is 119 Å². The van der Waals surface area contributed by atoms with Crippen LogP contribution in [0.1, 0.15) is 5.56 Å². The lowest BCUT2D eigenvalue weighted by Crippen LogP contribution is -2.00. The van der Waals surface area contributed by atoms with Crippen LogP contribution in [-0.4, -0.2) is 9.61 Å². The fraction of sp³-hybridized carbons (Fsp3) is 0.0714. The molecule has 2 heterocycles. The van der Waals surface area contributed by atoms with E-state index in [2.05, 4.69) is 51.2 Å². The number of hydrogen-bond acceptors (Lipinski definition) is 2. The predicted octanol–water partition coefficient (Wildman–Crippen LogP) is 3.55. The van der Waals surface area contributed by atoms with Gasteiger partial charge in [-0.05, 0) is 46.9 Å². The Balaban J connectivity index is 1.83. The molecule has 0 saturated heterocycles. The molecule has 90 valence electrons. The molecule has 1 N–H and O–H groups in total. The molecule has 0 atom stereocenters. The molecular weight excluding hydrogens is 337 g/mol. The molecular formula is C14H12IN3. The maximum atomic E-state index is 4.33. The lowest BCUT2D eigenvalue weighted by Gasteiger charge is -2.07. The number of pyridine rings is 1. The number of para-hydroxylation sites is 1. The summed E-state index contributed by atoms with van der Waals surface area (Å²) >= 11 is 2.34. The molecule has 0 bridgehead atoms. The van der Waals surface area contributed by atoms with Gasteiger partial charge in [-0.3, -0.25) is 0 Å². The molecule has 3 nitrogen and oxygen atoms in total. The lowest BCUT2D eigenvalue weighted by molar-refractivity contribution is 0.961. The van der Waals surface area contributed by atoms with E-state index in [4.69, 9.17) is 0 Å². The quantitative estimate of drug-likeness (QED) is 0.733. The van der Waals surface area contributed by atoms with Gasteiger partial charge in [0.15, 0.2) is 0 Å². The topological polar surface area (TPSA) is 29.3 Å². The van der Waals surface area contributed by atoms with Crippen LogP contribution >= 0.6 is 22.6 Å². The van der Waals surface area contributed by atoms with Crippen molar-refractivity contribution in [3.63, 3.8) is 0 Å². The molecule has 0 aliphatic heterocycles. The van der Waals surface area contributed by atoms with E-state index >= 15 is 0 Å². The average Bonchev–Trinajstić information content (AvgIpc) is 2.81. The second kappa shape index (κ2) is 4.97. The summed E-state index contributed by atoms with van der Waals surface area (Å²) in [6.45, 7) is 0.785. The van der Waals surface area contributed by atoms with Crippen LogP contribution in [0.25, 0.3) is 5.52 Å². The highest BCUT2D eigenvalue weighted by Gasteiger charge is 2.03. The summed E-state index contributed by atoms with van der Waals surface area (Å²) in [5.41, 5.74) is 3.51. The van der Waals surface area contributed by atoms with Gasteiger partial charge in [0.05, 0.1) is 11.7 Å². The summed E-state index contributed by atoms with van der Waals surface area (Å²) in [6, 6.07) is 14.4. The summed E-state index contributed by atoms with van der Waals surface area (Å²) < 4.78 is 3.12. The lowest BCUT2D eigenvalue weighted by atomic mass is 10.2. The second-order valence-corrected chi connectivity index (χ2v) is 5.20. The van der Waals surface area contributed by atoms with E-state index in [9.17, 15) is 0 Å². The minimum atomic E-state index is 0.785. The molecule has 2 aromatic heterocycles. The normalized spacial score (nSPS) is 10.7. The third kappa shape index (κ3) is 2.20. The van der Waals surface area contributed by atoms with Gasteiger partial charge in [0, 0.05) is 27.6 Å². The summed E-state index contributed by atoms with van der Waals surface area (Å²) in [4.78, 5) is 0. The van der Waals surface area contributed by atoms with Crippen LogP contribution in [0, 0.1) is 3.57 Å². The van der Waals surface area contributed by atoms with E-state index < -0.39 is 0 Å². The van der Waals surface area contributed by atoms with Crippen LogP contribution in [0.15, 0.2) is 54.9 Å². The van der Waals surface area contributed by atoms with Gasteiger partial charge in [-0.2, -0.15) is 5.10 Å². The number of aromatic nitrogens is 2. The summed E-state index contributed by atoms with van der Waals surface area (Å²) in [5.74, 6) is 0. The fourth-order valence-corrected chi connectivity index (χ4v) is 2.50. The fourth-order valence-electron chi connectivity index (χ4n) is 1.92. The number of nitrogens with zero attached hydrogens (tertiary/aromatic N) is 2. The van der Waals surface area contributed by atoms with E-state index in [1.54, 1.807) is 0 Å². The molecule has 0 saturated carbocycles. The number of halogens is 1. The first-order valence-corrected chi connectivity index (χ1v) is 6.82. The van der Waals surface area contributed by atoms with Crippen LogP contribution < -0.4 is 5.32 Å². The van der Waals surface area contributed by atoms with Crippen LogP contribution in [0.5, 0.6) is 0 Å². The smallest absolute Gasteiger partial charge is 0.0711 e. The number of anilines is 1. The molecule has 0 unspecified atom stereocenters. The van der Waals surface area contributed by atoms with Gasteiger partial charge in [0.25, 0.3) is 0 Å². The van der Waals surface area contributed by atoms with Crippen molar-refractivity contribution in [2.24, 2.45) is 0 Å². The molecule has 18 heavy (non-hydrogen) atoms. The van der Waals surface area contributed by atoms with Crippen molar-refractivity contribution in [1.29, 1.82) is 0 Å². The highest BCUT2D eigenvalue weighted by Crippen LogP contribution is 2.19. The van der Waals surface area contributed by atoms with E-state index in [1.807, 2.05) is 41.2 Å². The second-order valence-electron chi connectivity index (χ2n) is 4.03. The Hall–Kier alpha value is -1.56. The molecule has 3 rings (SSSR count). The van der Waals surface area contributed by atoms with Gasteiger partial charge in [-0.1, -0.05) is 18.2 Å². The average molecular weight is 349 g/mol. The van der Waals surface area contributed by atoms with Crippen molar-refractivity contribution < 1.29 is 0 Å². The first kappa shape index (κ1) is 11.5. The minimum absolute atomic E-state index is 0.785. The van der Waals surface area contributed by atoms with Crippen LogP contribution in [0.2, 0.25) is 0 Å². The maximum absolute atomic E-state index is 4.33. The van der Waals surface area contributed by atoms with Crippen LogP contribution in [0.3, 0.4) is 0 Å². The van der Waals surface area contributed by atoms with Crippen molar-refractivity contribution in [3.05, 3.63) is 64.0 Å². The number of rotatable bonds is 3. The third-order valence-corrected chi connectivity index (χ3v) is 3.79. The van der Waals surface area contributed by atoms with Crippen molar-refractivity contribution >= 4 is 33.8 Å². The molecule has 0 radical (unpaired) electrons. The zero-order valence-corrected chi connectivity index (χ0v) is 11.8. The summed E-state index contributed by atoms with van der Waals surface area (Å²) in [6.07, 6.45) is 3.88. The minimum Gasteiger partial charge on any atom is -0.380 e. The molecule has 0 fully saturated rings. The van der Waals surface area contributed by atoms with Crippen molar-refractivity contribution in [2.45, 2.75) is 6.54 Å². The number of nitrogens with one attached hydrogen (secondary N) is 1. The third-order valence-electron chi connectivity index (χ3n) is 2.85. The van der Waals surface area contributed by atoms with Crippen LogP contribution in [-0.2, 0) is 6.54 Å². The first-order valence-electron chi connectivity index (χ1n) is 5.74.